The molecule has 0 fully saturated rings. The van der Waals surface area contributed by atoms with E-state index < -0.39 is 11.4 Å². The number of carbonyl (C=O) groups is 1. The topological polar surface area (TPSA) is 94.2 Å². The Labute approximate surface area is 157 Å². The van der Waals surface area contributed by atoms with Crippen LogP contribution in [0.25, 0.3) is 21.9 Å². The van der Waals surface area contributed by atoms with Crippen LogP contribution >= 0.6 is 0 Å². The Morgan fingerprint density at radius 1 is 1.14 bits per heavy atom. The molecule has 0 saturated carbocycles. The van der Waals surface area contributed by atoms with Gasteiger partial charge in [-0.15, -0.1) is 0 Å². The largest absolute Gasteiger partial charge is 0.423 e. The van der Waals surface area contributed by atoms with Crippen molar-refractivity contribution in [3.8, 4) is 0 Å². The lowest BCUT2D eigenvalue weighted by Crippen LogP contribution is -2.22. The highest BCUT2D eigenvalue weighted by atomic mass is 19.1. The molecule has 1 amide bonds. The number of aromatic nitrogens is 2. The van der Waals surface area contributed by atoms with Gasteiger partial charge in [0.15, 0.2) is 0 Å². The summed E-state index contributed by atoms with van der Waals surface area (Å²) >= 11 is 0. The zero-order chi connectivity index (χ0) is 19.8. The standard InChI is InChI=1S/C20H14FN3O4/c1-11(25)23-14-3-5-15-12(6-19(26)28-18(15)8-14)9-24-10-22-17-7-13(21)2-4-16(17)20(24)27/h2-8,10H,9H2,1H3,(H,23,25). The number of amides is 1. The van der Waals surface area contributed by atoms with Gasteiger partial charge in [-0.2, -0.15) is 0 Å². The molecule has 4 rings (SSSR count). The Balaban J connectivity index is 1.81. The molecule has 4 aromatic rings. The zero-order valence-electron chi connectivity index (χ0n) is 14.7. The molecule has 1 N–H and O–H groups in total. The Bertz CT molecular complexity index is 1360. The first-order valence-electron chi connectivity index (χ1n) is 8.40. The molecule has 0 bridgehead atoms. The second-order valence-electron chi connectivity index (χ2n) is 6.32. The van der Waals surface area contributed by atoms with Gasteiger partial charge in [-0.1, -0.05) is 0 Å². The average Bonchev–Trinajstić information content (AvgIpc) is 2.63. The highest BCUT2D eigenvalue weighted by molar-refractivity contribution is 5.92. The summed E-state index contributed by atoms with van der Waals surface area (Å²) in [5.41, 5.74) is 0.682. The lowest BCUT2D eigenvalue weighted by molar-refractivity contribution is -0.114. The van der Waals surface area contributed by atoms with Crippen molar-refractivity contribution in [3.05, 3.63) is 80.9 Å². The fourth-order valence-electron chi connectivity index (χ4n) is 3.07. The molecule has 0 radical (unpaired) electrons. The number of nitrogens with one attached hydrogen (secondary N) is 1. The van der Waals surface area contributed by atoms with E-state index in [0.29, 0.717) is 16.6 Å². The van der Waals surface area contributed by atoms with Gasteiger partial charge in [-0.25, -0.2) is 14.2 Å². The monoisotopic (exact) mass is 379 g/mol. The minimum Gasteiger partial charge on any atom is -0.423 e. The number of fused-ring (bicyclic) bond motifs is 2. The maximum Gasteiger partial charge on any atom is 0.336 e. The fourth-order valence-corrected chi connectivity index (χ4v) is 3.07. The van der Waals surface area contributed by atoms with Crippen molar-refractivity contribution in [2.45, 2.75) is 13.5 Å². The van der Waals surface area contributed by atoms with Crippen molar-refractivity contribution >= 4 is 33.5 Å². The van der Waals surface area contributed by atoms with Crippen molar-refractivity contribution in [1.82, 2.24) is 9.55 Å². The van der Waals surface area contributed by atoms with E-state index in [-0.39, 0.29) is 34.5 Å². The Morgan fingerprint density at radius 3 is 2.71 bits per heavy atom. The van der Waals surface area contributed by atoms with Crippen LogP contribution in [0.3, 0.4) is 0 Å². The van der Waals surface area contributed by atoms with Crippen LogP contribution in [0.2, 0.25) is 0 Å². The number of rotatable bonds is 3. The molecule has 0 aliphatic carbocycles. The van der Waals surface area contributed by atoms with Gasteiger partial charge in [-0.05, 0) is 29.8 Å². The molecule has 28 heavy (non-hydrogen) atoms. The number of hydrogen-bond acceptors (Lipinski definition) is 5. The molecule has 2 aromatic carbocycles. The summed E-state index contributed by atoms with van der Waals surface area (Å²) in [6.45, 7) is 1.46. The van der Waals surface area contributed by atoms with Gasteiger partial charge >= 0.3 is 5.63 Å². The first-order chi connectivity index (χ1) is 13.4. The fraction of sp³-hybridized carbons (Fsp3) is 0.100. The first kappa shape index (κ1) is 17.6. The molecule has 0 unspecified atom stereocenters. The van der Waals surface area contributed by atoms with Crippen LogP contribution in [0.5, 0.6) is 0 Å². The lowest BCUT2D eigenvalue weighted by Gasteiger charge is -2.10. The summed E-state index contributed by atoms with van der Waals surface area (Å²) in [6.07, 6.45) is 1.32. The predicted molar refractivity (Wildman–Crippen MR) is 102 cm³/mol. The molecular weight excluding hydrogens is 365 g/mol. The average molecular weight is 379 g/mol. The third-order valence-corrected chi connectivity index (χ3v) is 4.28. The van der Waals surface area contributed by atoms with Crippen molar-refractivity contribution in [2.75, 3.05) is 5.32 Å². The molecule has 140 valence electrons. The van der Waals surface area contributed by atoms with E-state index in [2.05, 4.69) is 10.3 Å². The maximum absolute atomic E-state index is 13.3. The van der Waals surface area contributed by atoms with Gasteiger partial charge in [0.2, 0.25) is 5.91 Å². The third kappa shape index (κ3) is 3.27. The van der Waals surface area contributed by atoms with Gasteiger partial charge < -0.3 is 9.73 Å². The molecule has 0 saturated heterocycles. The van der Waals surface area contributed by atoms with E-state index in [1.165, 1.54) is 42.1 Å². The van der Waals surface area contributed by atoms with Gasteiger partial charge in [0, 0.05) is 36.2 Å². The van der Waals surface area contributed by atoms with Crippen LogP contribution < -0.4 is 16.5 Å². The highest BCUT2D eigenvalue weighted by Gasteiger charge is 2.11. The number of anilines is 1. The van der Waals surface area contributed by atoms with E-state index in [9.17, 15) is 18.8 Å². The second kappa shape index (κ2) is 6.73. The van der Waals surface area contributed by atoms with E-state index in [1.807, 2.05) is 0 Å². The van der Waals surface area contributed by atoms with E-state index in [4.69, 9.17) is 4.42 Å². The van der Waals surface area contributed by atoms with Crippen molar-refractivity contribution in [3.63, 3.8) is 0 Å². The van der Waals surface area contributed by atoms with Gasteiger partial charge in [0.25, 0.3) is 5.56 Å². The van der Waals surface area contributed by atoms with Gasteiger partial charge in [0.1, 0.15) is 11.4 Å². The normalized spacial score (nSPS) is 11.1. The van der Waals surface area contributed by atoms with Crippen LogP contribution in [0, 0.1) is 5.82 Å². The number of nitrogens with zero attached hydrogens (tertiary/aromatic N) is 2. The lowest BCUT2D eigenvalue weighted by atomic mass is 10.1. The van der Waals surface area contributed by atoms with Crippen LogP contribution in [0.4, 0.5) is 10.1 Å². The summed E-state index contributed by atoms with van der Waals surface area (Å²) in [7, 11) is 0. The second-order valence-corrected chi connectivity index (χ2v) is 6.32. The quantitative estimate of drug-likeness (QED) is 0.552. The van der Waals surface area contributed by atoms with E-state index >= 15 is 0 Å². The summed E-state index contributed by atoms with van der Waals surface area (Å²) in [4.78, 5) is 40.0. The summed E-state index contributed by atoms with van der Waals surface area (Å²) in [5.74, 6) is -0.720. The highest BCUT2D eigenvalue weighted by Crippen LogP contribution is 2.22. The minimum absolute atomic E-state index is 0.0841. The van der Waals surface area contributed by atoms with Crippen molar-refractivity contribution in [2.24, 2.45) is 0 Å². The van der Waals surface area contributed by atoms with Crippen LogP contribution in [-0.4, -0.2) is 15.5 Å². The molecule has 2 aromatic heterocycles. The number of hydrogen-bond donors (Lipinski definition) is 1. The minimum atomic E-state index is -0.577. The SMILES string of the molecule is CC(=O)Nc1ccc2c(Cn3cnc4cc(F)ccc4c3=O)cc(=O)oc2c1. The third-order valence-electron chi connectivity index (χ3n) is 4.28. The summed E-state index contributed by atoms with van der Waals surface area (Å²) < 4.78 is 19.9. The molecule has 7 nitrogen and oxygen atoms in total. The predicted octanol–water partition coefficient (Wildman–Crippen LogP) is 2.65. The molecular formula is C20H14FN3O4. The molecule has 0 aliphatic heterocycles. The van der Waals surface area contributed by atoms with Crippen LogP contribution in [0.15, 0.2) is 62.8 Å². The molecule has 0 atom stereocenters. The van der Waals surface area contributed by atoms with E-state index in [1.54, 1.807) is 18.2 Å². The van der Waals surface area contributed by atoms with E-state index in [0.717, 1.165) is 0 Å². The summed E-state index contributed by atoms with van der Waals surface area (Å²) in [6, 6.07) is 10.0. The van der Waals surface area contributed by atoms with Gasteiger partial charge in [-0.3, -0.25) is 14.2 Å². The van der Waals surface area contributed by atoms with Crippen molar-refractivity contribution in [1.29, 1.82) is 0 Å². The number of carbonyl (C=O) groups excluding carboxylic acids is 1. The van der Waals surface area contributed by atoms with Crippen LogP contribution in [0.1, 0.15) is 12.5 Å². The van der Waals surface area contributed by atoms with Crippen molar-refractivity contribution < 1.29 is 13.6 Å². The number of benzene rings is 2. The molecule has 0 spiro atoms. The number of halogens is 1. The molecule has 2 heterocycles. The molecule has 8 heteroatoms. The Hall–Kier alpha value is -3.81. The Kier molecular flexibility index (Phi) is 4.23. The smallest absolute Gasteiger partial charge is 0.336 e. The first-order valence-corrected chi connectivity index (χ1v) is 8.40. The summed E-state index contributed by atoms with van der Waals surface area (Å²) in [5, 5.41) is 3.53. The molecule has 0 aliphatic rings. The zero-order valence-corrected chi connectivity index (χ0v) is 14.7. The maximum atomic E-state index is 13.3. The van der Waals surface area contributed by atoms with Crippen LogP contribution in [-0.2, 0) is 11.3 Å². The Morgan fingerprint density at radius 2 is 1.93 bits per heavy atom. The van der Waals surface area contributed by atoms with Gasteiger partial charge in [0.05, 0.1) is 23.8 Å².